The Morgan fingerprint density at radius 3 is 2.94 bits per heavy atom. The molecule has 0 atom stereocenters. The van der Waals surface area contributed by atoms with Gasteiger partial charge in [-0.3, -0.25) is 4.68 Å². The fourth-order valence-electron chi connectivity index (χ4n) is 1.50. The fraction of sp³-hybridized carbons (Fsp3) is 0.300. The minimum absolute atomic E-state index is 0.216. The molecule has 84 valence electrons. The maximum Gasteiger partial charge on any atom is 0.134 e. The highest BCUT2D eigenvalue weighted by atomic mass is 35.5. The van der Waals surface area contributed by atoms with Gasteiger partial charge >= 0.3 is 0 Å². The largest absolute Gasteiger partial charge is 0.361 e. The van der Waals surface area contributed by atoms with E-state index in [0.717, 1.165) is 6.29 Å². The van der Waals surface area contributed by atoms with Crippen molar-refractivity contribution in [3.05, 3.63) is 22.5 Å². The number of hydrogen-bond donors (Lipinski definition) is 0. The number of aromatic nitrogens is 3. The molecule has 2 rings (SSSR count). The monoisotopic (exact) mass is 239 g/mol. The van der Waals surface area contributed by atoms with Gasteiger partial charge in [-0.25, -0.2) is 0 Å². The van der Waals surface area contributed by atoms with Crippen LogP contribution in [-0.2, 0) is 18.3 Å². The van der Waals surface area contributed by atoms with Crippen LogP contribution in [0, 0.1) is 6.92 Å². The summed E-state index contributed by atoms with van der Waals surface area (Å²) in [6.45, 7) is 1.79. The van der Waals surface area contributed by atoms with Gasteiger partial charge in [0.25, 0.3) is 0 Å². The van der Waals surface area contributed by atoms with Crippen molar-refractivity contribution in [2.45, 2.75) is 13.3 Å². The molecule has 0 fully saturated rings. The Balaban J connectivity index is 2.55. The smallest absolute Gasteiger partial charge is 0.134 e. The topological polar surface area (TPSA) is 60.9 Å². The average molecular weight is 240 g/mol. The predicted molar refractivity (Wildman–Crippen MR) is 58.2 cm³/mol. The van der Waals surface area contributed by atoms with Crippen molar-refractivity contribution in [3.63, 3.8) is 0 Å². The third-order valence-corrected chi connectivity index (χ3v) is 2.70. The van der Waals surface area contributed by atoms with Crippen LogP contribution in [0.1, 0.15) is 11.3 Å². The van der Waals surface area contributed by atoms with Gasteiger partial charge in [-0.05, 0) is 6.92 Å². The zero-order chi connectivity index (χ0) is 11.7. The second kappa shape index (κ2) is 4.09. The second-order valence-corrected chi connectivity index (χ2v) is 3.79. The molecule has 0 amide bonds. The van der Waals surface area contributed by atoms with E-state index < -0.39 is 0 Å². The highest BCUT2D eigenvalue weighted by Crippen LogP contribution is 2.27. The third-order valence-electron chi connectivity index (χ3n) is 2.23. The molecule has 0 saturated heterocycles. The van der Waals surface area contributed by atoms with Crippen molar-refractivity contribution < 1.29 is 9.32 Å². The van der Waals surface area contributed by atoms with E-state index in [0.29, 0.717) is 27.9 Å². The summed E-state index contributed by atoms with van der Waals surface area (Å²) >= 11 is 6.03. The summed E-state index contributed by atoms with van der Waals surface area (Å²) in [6.07, 6.45) is 1.01. The van der Waals surface area contributed by atoms with Crippen LogP contribution in [0.25, 0.3) is 11.4 Å². The Morgan fingerprint density at radius 2 is 2.38 bits per heavy atom. The molecule has 0 aliphatic rings. The zero-order valence-corrected chi connectivity index (χ0v) is 9.65. The lowest BCUT2D eigenvalue weighted by atomic mass is 10.1. The van der Waals surface area contributed by atoms with Crippen LogP contribution >= 0.6 is 11.6 Å². The molecule has 0 radical (unpaired) electrons. The number of carbonyl (C=O) groups excluding carboxylic acids is 1. The lowest BCUT2D eigenvalue weighted by Crippen LogP contribution is -1.89. The van der Waals surface area contributed by atoms with Crippen molar-refractivity contribution >= 4 is 17.9 Å². The number of rotatable bonds is 3. The lowest BCUT2D eigenvalue weighted by Gasteiger charge is -1.93. The van der Waals surface area contributed by atoms with E-state index in [4.69, 9.17) is 16.1 Å². The molecule has 0 aliphatic carbocycles. The predicted octanol–water partition coefficient (Wildman–Crippen LogP) is 1.78. The van der Waals surface area contributed by atoms with Gasteiger partial charge in [-0.1, -0.05) is 16.8 Å². The molecule has 0 spiro atoms. The molecule has 0 saturated carbocycles. The molecule has 2 aromatic rings. The first-order valence-corrected chi connectivity index (χ1v) is 5.10. The Bertz CT molecular complexity index is 530. The number of hydrogen-bond acceptors (Lipinski definition) is 4. The van der Waals surface area contributed by atoms with Crippen molar-refractivity contribution in [1.82, 2.24) is 14.9 Å². The van der Waals surface area contributed by atoms with Gasteiger partial charge in [0.15, 0.2) is 0 Å². The average Bonchev–Trinajstić information content (AvgIpc) is 2.78. The molecular weight excluding hydrogens is 230 g/mol. The van der Waals surface area contributed by atoms with Crippen LogP contribution in [0.3, 0.4) is 0 Å². The molecule has 16 heavy (non-hydrogen) atoms. The first kappa shape index (κ1) is 10.9. The van der Waals surface area contributed by atoms with Gasteiger partial charge in [0.05, 0.1) is 0 Å². The fourth-order valence-corrected chi connectivity index (χ4v) is 1.70. The quantitative estimate of drug-likeness (QED) is 0.766. The number of carbonyl (C=O) groups is 1. The van der Waals surface area contributed by atoms with Crippen LogP contribution in [0.5, 0.6) is 0 Å². The van der Waals surface area contributed by atoms with E-state index in [1.165, 1.54) is 4.68 Å². The van der Waals surface area contributed by atoms with Gasteiger partial charge < -0.3 is 9.32 Å². The molecule has 0 unspecified atom stereocenters. The third kappa shape index (κ3) is 1.74. The first-order chi connectivity index (χ1) is 7.63. The minimum Gasteiger partial charge on any atom is -0.361 e. The normalized spacial score (nSPS) is 10.7. The second-order valence-electron chi connectivity index (χ2n) is 3.44. The van der Waals surface area contributed by atoms with E-state index >= 15 is 0 Å². The molecular formula is C10H10ClN3O2. The summed E-state index contributed by atoms with van der Waals surface area (Å²) in [5.41, 5.74) is 1.86. The SMILES string of the molecule is Cc1cc(-c2nn(C)c(Cl)c2CC=O)no1. The maximum absolute atomic E-state index is 10.6. The first-order valence-electron chi connectivity index (χ1n) is 4.72. The van der Waals surface area contributed by atoms with E-state index in [-0.39, 0.29) is 6.42 Å². The number of aldehydes is 1. The number of halogens is 1. The Kier molecular flexibility index (Phi) is 2.78. The Morgan fingerprint density at radius 1 is 1.62 bits per heavy atom. The molecule has 2 heterocycles. The van der Waals surface area contributed by atoms with Crippen molar-refractivity contribution in [2.24, 2.45) is 7.05 Å². The van der Waals surface area contributed by atoms with Crippen LogP contribution in [-0.4, -0.2) is 21.2 Å². The molecule has 5 nitrogen and oxygen atoms in total. The van der Waals surface area contributed by atoms with Gasteiger partial charge in [0, 0.05) is 25.1 Å². The van der Waals surface area contributed by atoms with Crippen LogP contribution < -0.4 is 0 Å². The van der Waals surface area contributed by atoms with Gasteiger partial charge in [0.1, 0.15) is 28.6 Å². The van der Waals surface area contributed by atoms with Gasteiger partial charge in [0.2, 0.25) is 0 Å². The molecule has 0 aliphatic heterocycles. The highest BCUT2D eigenvalue weighted by molar-refractivity contribution is 6.30. The summed E-state index contributed by atoms with van der Waals surface area (Å²) < 4.78 is 6.48. The zero-order valence-electron chi connectivity index (χ0n) is 8.90. The summed E-state index contributed by atoms with van der Waals surface area (Å²) in [5.74, 6) is 0.689. The highest BCUT2D eigenvalue weighted by Gasteiger charge is 2.18. The number of nitrogens with zero attached hydrogens (tertiary/aromatic N) is 3. The van der Waals surface area contributed by atoms with Crippen molar-refractivity contribution in [1.29, 1.82) is 0 Å². The van der Waals surface area contributed by atoms with Crippen LogP contribution in [0.4, 0.5) is 0 Å². The molecule has 0 bridgehead atoms. The standard InChI is InChI=1S/C10H10ClN3O2/c1-6-5-8(13-16-6)9-7(3-4-15)10(11)14(2)12-9/h4-5H,3H2,1-2H3. The van der Waals surface area contributed by atoms with Gasteiger partial charge in [-0.15, -0.1) is 0 Å². The molecule has 2 aromatic heterocycles. The Labute approximate surface area is 97.0 Å². The lowest BCUT2D eigenvalue weighted by molar-refractivity contribution is -0.107. The minimum atomic E-state index is 0.216. The van der Waals surface area contributed by atoms with E-state index in [1.807, 2.05) is 0 Å². The molecule has 6 heteroatoms. The van der Waals surface area contributed by atoms with E-state index in [9.17, 15) is 4.79 Å². The molecule has 0 N–H and O–H groups in total. The van der Waals surface area contributed by atoms with E-state index in [1.54, 1.807) is 20.0 Å². The molecule has 0 aromatic carbocycles. The van der Waals surface area contributed by atoms with Crippen molar-refractivity contribution in [3.8, 4) is 11.4 Å². The van der Waals surface area contributed by atoms with E-state index in [2.05, 4.69) is 10.3 Å². The van der Waals surface area contributed by atoms with Crippen LogP contribution in [0.2, 0.25) is 5.15 Å². The summed E-state index contributed by atoms with van der Waals surface area (Å²) in [5, 5.41) is 8.52. The van der Waals surface area contributed by atoms with Gasteiger partial charge in [-0.2, -0.15) is 5.10 Å². The van der Waals surface area contributed by atoms with Crippen molar-refractivity contribution in [2.75, 3.05) is 0 Å². The Hall–Kier alpha value is -1.62. The maximum atomic E-state index is 10.6. The number of aryl methyl sites for hydroxylation is 2. The van der Waals surface area contributed by atoms with Crippen LogP contribution in [0.15, 0.2) is 10.6 Å². The summed E-state index contributed by atoms with van der Waals surface area (Å²) in [4.78, 5) is 10.6. The summed E-state index contributed by atoms with van der Waals surface area (Å²) in [6, 6.07) is 1.76. The summed E-state index contributed by atoms with van der Waals surface area (Å²) in [7, 11) is 1.72.